The molecule has 1 aliphatic heterocycles. The number of nitrogens with zero attached hydrogens (tertiary/aromatic N) is 3. The molecule has 156 valence electrons. The van der Waals surface area contributed by atoms with E-state index in [0.717, 1.165) is 24.7 Å². The first-order valence-electron chi connectivity index (χ1n) is 9.47. The molecule has 2 fully saturated rings. The van der Waals surface area contributed by atoms with Gasteiger partial charge < -0.3 is 18.9 Å². The van der Waals surface area contributed by atoms with Gasteiger partial charge >= 0.3 is 6.36 Å². The molecule has 0 spiro atoms. The maximum atomic E-state index is 12.7. The predicted octanol–water partition coefficient (Wildman–Crippen LogP) is 3.67. The number of carbonyl (C=O) groups is 1. The summed E-state index contributed by atoms with van der Waals surface area (Å²) in [6.45, 7) is 0.961. The highest BCUT2D eigenvalue weighted by Crippen LogP contribution is 2.38. The zero-order valence-corrected chi connectivity index (χ0v) is 15.5. The van der Waals surface area contributed by atoms with Gasteiger partial charge in [0.15, 0.2) is 5.82 Å². The second kappa shape index (κ2) is 8.02. The highest BCUT2D eigenvalue weighted by atomic mass is 19.4. The number of hydrogen-bond acceptors (Lipinski definition) is 6. The van der Waals surface area contributed by atoms with Crippen molar-refractivity contribution in [2.45, 2.75) is 50.7 Å². The van der Waals surface area contributed by atoms with Crippen LogP contribution < -0.4 is 4.74 Å². The summed E-state index contributed by atoms with van der Waals surface area (Å²) in [6, 6.07) is 5.37. The Hall–Kier alpha value is -2.62. The predicted molar refractivity (Wildman–Crippen MR) is 93.1 cm³/mol. The lowest BCUT2D eigenvalue weighted by Gasteiger charge is -2.32. The minimum Gasteiger partial charge on any atom is -0.405 e. The molecule has 2 aliphatic rings. The Balaban J connectivity index is 1.29. The molecule has 1 amide bonds. The number of alkyl halides is 3. The standard InChI is InChI=1S/C19H20F3N3O4/c20-19(21,22)28-15-4-2-1-3-14(15)18(26)25-9-7-13(8-10-25)27-11-16-23-17(24-29-16)12-5-6-12/h1-4,12-13H,5-11H2. The maximum absolute atomic E-state index is 12.7. The largest absolute Gasteiger partial charge is 0.573 e. The lowest BCUT2D eigenvalue weighted by Crippen LogP contribution is -2.41. The quantitative estimate of drug-likeness (QED) is 0.722. The van der Waals surface area contributed by atoms with Crippen LogP contribution in [-0.4, -0.2) is 46.5 Å². The molecule has 1 saturated heterocycles. The van der Waals surface area contributed by atoms with E-state index in [9.17, 15) is 18.0 Å². The van der Waals surface area contributed by atoms with Gasteiger partial charge in [0, 0.05) is 19.0 Å². The average Bonchev–Trinajstić information content (AvgIpc) is 3.44. The molecule has 0 N–H and O–H groups in total. The Labute approximate surface area is 164 Å². The van der Waals surface area contributed by atoms with Gasteiger partial charge in [-0.2, -0.15) is 4.98 Å². The molecule has 1 aliphatic carbocycles. The molecular formula is C19H20F3N3O4. The monoisotopic (exact) mass is 411 g/mol. The van der Waals surface area contributed by atoms with Gasteiger partial charge in [0.2, 0.25) is 0 Å². The van der Waals surface area contributed by atoms with E-state index < -0.39 is 18.0 Å². The molecule has 2 heterocycles. The van der Waals surface area contributed by atoms with Gasteiger partial charge in [-0.25, -0.2) is 0 Å². The summed E-state index contributed by atoms with van der Waals surface area (Å²) in [4.78, 5) is 18.5. The van der Waals surface area contributed by atoms with Crippen LogP contribution in [0.15, 0.2) is 28.8 Å². The Morgan fingerprint density at radius 1 is 1.17 bits per heavy atom. The van der Waals surface area contributed by atoms with Crippen molar-refractivity contribution in [2.75, 3.05) is 13.1 Å². The second-order valence-electron chi connectivity index (χ2n) is 7.17. The molecule has 10 heteroatoms. The van der Waals surface area contributed by atoms with Gasteiger partial charge in [-0.3, -0.25) is 4.79 Å². The first-order chi connectivity index (χ1) is 13.9. The molecule has 1 saturated carbocycles. The lowest BCUT2D eigenvalue weighted by atomic mass is 10.1. The van der Waals surface area contributed by atoms with Gasteiger partial charge in [-0.15, -0.1) is 13.2 Å². The van der Waals surface area contributed by atoms with Crippen molar-refractivity contribution in [1.29, 1.82) is 0 Å². The SMILES string of the molecule is O=C(c1ccccc1OC(F)(F)F)N1CCC(OCc2nc(C3CC3)no2)CC1. The van der Waals surface area contributed by atoms with E-state index in [-0.39, 0.29) is 18.3 Å². The van der Waals surface area contributed by atoms with E-state index >= 15 is 0 Å². The summed E-state index contributed by atoms with van der Waals surface area (Å²) in [5, 5.41) is 3.93. The van der Waals surface area contributed by atoms with Crippen molar-refractivity contribution < 1.29 is 32.0 Å². The number of carbonyl (C=O) groups excluding carboxylic acids is 1. The van der Waals surface area contributed by atoms with E-state index in [1.165, 1.54) is 23.1 Å². The summed E-state index contributed by atoms with van der Waals surface area (Å²) in [7, 11) is 0. The molecule has 7 nitrogen and oxygen atoms in total. The molecule has 1 aromatic heterocycles. The van der Waals surface area contributed by atoms with Crippen LogP contribution in [0.4, 0.5) is 13.2 Å². The maximum Gasteiger partial charge on any atom is 0.573 e. The van der Waals surface area contributed by atoms with Crippen LogP contribution in [-0.2, 0) is 11.3 Å². The summed E-state index contributed by atoms with van der Waals surface area (Å²) in [5.74, 6) is 0.582. The van der Waals surface area contributed by atoms with Gasteiger partial charge in [-0.1, -0.05) is 17.3 Å². The van der Waals surface area contributed by atoms with Crippen LogP contribution >= 0.6 is 0 Å². The first kappa shape index (κ1) is 19.7. The molecule has 2 aromatic rings. The van der Waals surface area contributed by atoms with Gasteiger partial charge in [0.1, 0.15) is 12.4 Å². The van der Waals surface area contributed by atoms with E-state index in [2.05, 4.69) is 14.9 Å². The third-order valence-electron chi connectivity index (χ3n) is 4.94. The molecular weight excluding hydrogens is 391 g/mol. The third kappa shape index (κ3) is 5.06. The average molecular weight is 411 g/mol. The number of hydrogen-bond donors (Lipinski definition) is 0. The Morgan fingerprint density at radius 2 is 1.90 bits per heavy atom. The highest BCUT2D eigenvalue weighted by Gasteiger charge is 2.34. The fraction of sp³-hybridized carbons (Fsp3) is 0.526. The summed E-state index contributed by atoms with van der Waals surface area (Å²) in [6.07, 6.45) is -1.63. The van der Waals surface area contributed by atoms with Crippen LogP contribution in [0.2, 0.25) is 0 Å². The molecule has 1 aromatic carbocycles. The fourth-order valence-corrected chi connectivity index (χ4v) is 3.28. The second-order valence-corrected chi connectivity index (χ2v) is 7.17. The molecule has 0 radical (unpaired) electrons. The fourth-order valence-electron chi connectivity index (χ4n) is 3.28. The zero-order valence-electron chi connectivity index (χ0n) is 15.5. The molecule has 0 bridgehead atoms. The van der Waals surface area contributed by atoms with E-state index in [0.29, 0.717) is 37.7 Å². The number of piperidine rings is 1. The topological polar surface area (TPSA) is 77.7 Å². The minimum absolute atomic E-state index is 0.0861. The summed E-state index contributed by atoms with van der Waals surface area (Å²) in [5.41, 5.74) is -0.109. The smallest absolute Gasteiger partial charge is 0.405 e. The molecule has 0 unspecified atom stereocenters. The van der Waals surface area contributed by atoms with Crippen molar-refractivity contribution in [1.82, 2.24) is 15.0 Å². The number of halogens is 3. The van der Waals surface area contributed by atoms with Crippen molar-refractivity contribution in [2.24, 2.45) is 0 Å². The highest BCUT2D eigenvalue weighted by molar-refractivity contribution is 5.97. The van der Waals surface area contributed by atoms with Crippen LogP contribution in [0, 0.1) is 0 Å². The van der Waals surface area contributed by atoms with Crippen molar-refractivity contribution in [3.8, 4) is 5.75 Å². The summed E-state index contributed by atoms with van der Waals surface area (Å²) < 4.78 is 52.7. The van der Waals surface area contributed by atoms with E-state index in [4.69, 9.17) is 9.26 Å². The molecule has 0 atom stereocenters. The Kier molecular flexibility index (Phi) is 5.44. The number of rotatable bonds is 6. The van der Waals surface area contributed by atoms with Crippen molar-refractivity contribution in [3.63, 3.8) is 0 Å². The normalized spacial score (nSPS) is 18.1. The van der Waals surface area contributed by atoms with Crippen LogP contribution in [0.3, 0.4) is 0 Å². The number of ether oxygens (including phenoxy) is 2. The van der Waals surface area contributed by atoms with Crippen molar-refractivity contribution in [3.05, 3.63) is 41.5 Å². The minimum atomic E-state index is -4.86. The van der Waals surface area contributed by atoms with Gasteiger partial charge in [-0.05, 0) is 37.8 Å². The zero-order chi connectivity index (χ0) is 20.4. The lowest BCUT2D eigenvalue weighted by molar-refractivity contribution is -0.274. The van der Waals surface area contributed by atoms with Crippen LogP contribution in [0.25, 0.3) is 0 Å². The van der Waals surface area contributed by atoms with Crippen LogP contribution in [0.5, 0.6) is 5.75 Å². The Bertz CT molecular complexity index is 858. The van der Waals surface area contributed by atoms with E-state index in [1.54, 1.807) is 0 Å². The summed E-state index contributed by atoms with van der Waals surface area (Å²) >= 11 is 0. The van der Waals surface area contributed by atoms with Gasteiger partial charge in [0.05, 0.1) is 11.7 Å². The Morgan fingerprint density at radius 3 is 2.59 bits per heavy atom. The molecule has 4 rings (SSSR count). The van der Waals surface area contributed by atoms with Crippen LogP contribution in [0.1, 0.15) is 53.7 Å². The third-order valence-corrected chi connectivity index (χ3v) is 4.94. The van der Waals surface area contributed by atoms with Crippen molar-refractivity contribution >= 4 is 5.91 Å². The van der Waals surface area contributed by atoms with Gasteiger partial charge in [0.25, 0.3) is 11.8 Å². The number of amides is 1. The number of para-hydroxylation sites is 1. The van der Waals surface area contributed by atoms with E-state index in [1.807, 2.05) is 0 Å². The number of benzene rings is 1. The number of aromatic nitrogens is 2. The molecule has 29 heavy (non-hydrogen) atoms. The number of likely N-dealkylation sites (tertiary alicyclic amines) is 1. The first-order valence-corrected chi connectivity index (χ1v) is 9.47.